The summed E-state index contributed by atoms with van der Waals surface area (Å²) in [5, 5.41) is 6.87. The third-order valence-corrected chi connectivity index (χ3v) is 3.36. The fourth-order valence-electron chi connectivity index (χ4n) is 2.01. The lowest BCUT2D eigenvalue weighted by molar-refractivity contribution is -0.148. The lowest BCUT2D eigenvalue weighted by atomic mass is 10.0. The fourth-order valence-corrected chi connectivity index (χ4v) is 2.01. The molecule has 1 aromatic heterocycles. The summed E-state index contributed by atoms with van der Waals surface area (Å²) in [6, 6.07) is 0. The summed E-state index contributed by atoms with van der Waals surface area (Å²) in [5.41, 5.74) is 5.41. The van der Waals surface area contributed by atoms with Gasteiger partial charge in [0.25, 0.3) is 0 Å². The van der Waals surface area contributed by atoms with E-state index in [1.54, 1.807) is 0 Å². The molecule has 0 bridgehead atoms. The molecule has 2 N–H and O–H groups in total. The molecule has 1 aromatic rings. The summed E-state index contributed by atoms with van der Waals surface area (Å²) in [7, 11) is 0. The Kier molecular flexibility index (Phi) is 3.10. The van der Waals surface area contributed by atoms with Crippen LogP contribution in [0.5, 0.6) is 0 Å². The van der Waals surface area contributed by atoms with Gasteiger partial charge in [0.15, 0.2) is 0 Å². The molecular formula is C10H16F3N5. The largest absolute Gasteiger partial charge is 0.451 e. The number of nitrogens with zero attached hydrogens (tertiary/aromatic N) is 4. The number of aromatic nitrogens is 3. The molecule has 0 saturated carbocycles. The van der Waals surface area contributed by atoms with E-state index in [1.165, 1.54) is 0 Å². The Bertz CT molecular complexity index is 437. The van der Waals surface area contributed by atoms with Gasteiger partial charge in [0.05, 0.1) is 6.54 Å². The van der Waals surface area contributed by atoms with Crippen LogP contribution in [0.15, 0.2) is 0 Å². The van der Waals surface area contributed by atoms with Crippen molar-refractivity contribution in [2.75, 3.05) is 13.1 Å². The third-order valence-electron chi connectivity index (χ3n) is 3.36. The predicted molar refractivity (Wildman–Crippen MR) is 58.6 cm³/mol. The zero-order valence-corrected chi connectivity index (χ0v) is 10.3. The SMILES string of the molecule is CC(C)(CN)N1CCn2c(nnc2C(F)(F)F)C1. The second kappa shape index (κ2) is 4.20. The van der Waals surface area contributed by atoms with Gasteiger partial charge in [-0.05, 0) is 13.8 Å². The van der Waals surface area contributed by atoms with Crippen LogP contribution < -0.4 is 5.73 Å². The maximum Gasteiger partial charge on any atom is 0.451 e. The number of alkyl halides is 3. The van der Waals surface area contributed by atoms with Crippen LogP contribution in [0, 0.1) is 0 Å². The van der Waals surface area contributed by atoms with E-state index in [4.69, 9.17) is 5.73 Å². The van der Waals surface area contributed by atoms with Crippen molar-refractivity contribution in [3.8, 4) is 0 Å². The number of fused-ring (bicyclic) bond motifs is 1. The van der Waals surface area contributed by atoms with E-state index < -0.39 is 12.0 Å². The highest BCUT2D eigenvalue weighted by Crippen LogP contribution is 2.30. The van der Waals surface area contributed by atoms with Crippen LogP contribution in [0.3, 0.4) is 0 Å². The highest BCUT2D eigenvalue weighted by Gasteiger charge is 2.40. The smallest absolute Gasteiger partial charge is 0.329 e. The van der Waals surface area contributed by atoms with E-state index in [0.717, 1.165) is 4.57 Å². The van der Waals surface area contributed by atoms with Crippen LogP contribution in [0.25, 0.3) is 0 Å². The number of hydrogen-bond donors (Lipinski definition) is 1. The molecule has 0 aliphatic carbocycles. The number of halogens is 3. The van der Waals surface area contributed by atoms with Crippen molar-refractivity contribution in [1.29, 1.82) is 0 Å². The summed E-state index contributed by atoms with van der Waals surface area (Å²) < 4.78 is 39.1. The highest BCUT2D eigenvalue weighted by molar-refractivity contribution is 5.03. The van der Waals surface area contributed by atoms with Crippen molar-refractivity contribution in [3.05, 3.63) is 11.6 Å². The minimum absolute atomic E-state index is 0.237. The Morgan fingerprint density at radius 2 is 1.89 bits per heavy atom. The molecule has 0 saturated heterocycles. The molecule has 0 unspecified atom stereocenters. The van der Waals surface area contributed by atoms with Crippen LogP contribution in [0.2, 0.25) is 0 Å². The fraction of sp³-hybridized carbons (Fsp3) is 0.800. The second-order valence-corrected chi connectivity index (χ2v) is 5.03. The highest BCUT2D eigenvalue weighted by atomic mass is 19.4. The number of rotatable bonds is 2. The average molecular weight is 263 g/mol. The van der Waals surface area contributed by atoms with Crippen LogP contribution in [-0.4, -0.2) is 38.3 Å². The summed E-state index contributed by atoms with van der Waals surface area (Å²) in [6.07, 6.45) is -4.45. The van der Waals surface area contributed by atoms with Gasteiger partial charge < -0.3 is 10.3 Å². The molecule has 0 spiro atoms. The van der Waals surface area contributed by atoms with Gasteiger partial charge in [0, 0.05) is 25.2 Å². The maximum atomic E-state index is 12.6. The minimum Gasteiger partial charge on any atom is -0.329 e. The molecule has 18 heavy (non-hydrogen) atoms. The Balaban J connectivity index is 2.25. The third kappa shape index (κ3) is 2.22. The first kappa shape index (κ1) is 13.3. The van der Waals surface area contributed by atoms with Gasteiger partial charge in [-0.25, -0.2) is 0 Å². The molecule has 0 radical (unpaired) electrons. The van der Waals surface area contributed by atoms with Crippen molar-refractivity contribution in [1.82, 2.24) is 19.7 Å². The first-order valence-electron chi connectivity index (χ1n) is 5.70. The van der Waals surface area contributed by atoms with Gasteiger partial charge in [0.1, 0.15) is 5.82 Å². The summed E-state index contributed by atoms with van der Waals surface area (Å²) >= 11 is 0. The maximum absolute atomic E-state index is 12.6. The van der Waals surface area contributed by atoms with Gasteiger partial charge in [-0.15, -0.1) is 10.2 Å². The van der Waals surface area contributed by atoms with Crippen molar-refractivity contribution in [2.45, 2.75) is 38.7 Å². The molecule has 0 amide bonds. The van der Waals surface area contributed by atoms with E-state index in [9.17, 15) is 13.2 Å². The van der Waals surface area contributed by atoms with E-state index in [0.29, 0.717) is 25.5 Å². The lowest BCUT2D eigenvalue weighted by Crippen LogP contribution is -2.52. The molecule has 8 heteroatoms. The van der Waals surface area contributed by atoms with Crippen molar-refractivity contribution in [2.24, 2.45) is 5.73 Å². The van der Waals surface area contributed by atoms with Gasteiger partial charge in [0.2, 0.25) is 5.82 Å². The molecule has 102 valence electrons. The standard InChI is InChI=1S/C10H16F3N5/c1-9(2,6-14)17-3-4-18-7(5-17)15-16-8(18)10(11,12)13/h3-6,14H2,1-2H3. The second-order valence-electron chi connectivity index (χ2n) is 5.03. The molecule has 1 aliphatic heterocycles. The van der Waals surface area contributed by atoms with E-state index in [1.807, 2.05) is 18.7 Å². The molecule has 0 aromatic carbocycles. The Labute approximate surface area is 103 Å². The van der Waals surface area contributed by atoms with Crippen LogP contribution >= 0.6 is 0 Å². The molecule has 1 aliphatic rings. The monoisotopic (exact) mass is 263 g/mol. The molecule has 5 nitrogen and oxygen atoms in total. The van der Waals surface area contributed by atoms with E-state index in [2.05, 4.69) is 10.2 Å². The Morgan fingerprint density at radius 1 is 1.22 bits per heavy atom. The Morgan fingerprint density at radius 3 is 2.44 bits per heavy atom. The van der Waals surface area contributed by atoms with Crippen molar-refractivity contribution >= 4 is 0 Å². The van der Waals surface area contributed by atoms with Crippen molar-refractivity contribution in [3.63, 3.8) is 0 Å². The van der Waals surface area contributed by atoms with E-state index in [-0.39, 0.29) is 12.1 Å². The summed E-state index contributed by atoms with van der Waals surface area (Å²) in [4.78, 5) is 2.02. The zero-order chi connectivity index (χ0) is 13.6. The van der Waals surface area contributed by atoms with Gasteiger partial charge in [-0.3, -0.25) is 4.90 Å². The normalized spacial score (nSPS) is 17.9. The van der Waals surface area contributed by atoms with Crippen molar-refractivity contribution < 1.29 is 13.2 Å². The van der Waals surface area contributed by atoms with Gasteiger partial charge in [-0.1, -0.05) is 0 Å². The molecule has 0 atom stereocenters. The van der Waals surface area contributed by atoms with E-state index >= 15 is 0 Å². The first-order chi connectivity index (χ1) is 8.25. The van der Waals surface area contributed by atoms with Crippen LogP contribution in [-0.2, 0) is 19.3 Å². The zero-order valence-electron chi connectivity index (χ0n) is 10.3. The molecule has 2 rings (SSSR count). The van der Waals surface area contributed by atoms with Gasteiger partial charge in [-0.2, -0.15) is 13.2 Å². The molecular weight excluding hydrogens is 247 g/mol. The van der Waals surface area contributed by atoms with Crippen LogP contribution in [0.4, 0.5) is 13.2 Å². The molecule has 2 heterocycles. The minimum atomic E-state index is -4.45. The first-order valence-corrected chi connectivity index (χ1v) is 5.70. The number of nitrogens with two attached hydrogens (primary N) is 1. The summed E-state index contributed by atoms with van der Waals surface area (Å²) in [5.74, 6) is -0.571. The van der Waals surface area contributed by atoms with Gasteiger partial charge >= 0.3 is 6.18 Å². The topological polar surface area (TPSA) is 60.0 Å². The Hall–Kier alpha value is -1.15. The quantitative estimate of drug-likeness (QED) is 0.859. The summed E-state index contributed by atoms with van der Waals surface area (Å²) in [6.45, 7) is 5.45. The van der Waals surface area contributed by atoms with Crippen LogP contribution in [0.1, 0.15) is 25.5 Å². The lowest BCUT2D eigenvalue weighted by Gasteiger charge is -2.40. The number of hydrogen-bond acceptors (Lipinski definition) is 4. The average Bonchev–Trinajstić information content (AvgIpc) is 2.71. The predicted octanol–water partition coefficient (Wildman–Crippen LogP) is 0.850. The molecule has 0 fully saturated rings.